The molecule has 0 aliphatic carbocycles. The molecule has 0 bridgehead atoms. The van der Waals surface area contributed by atoms with Gasteiger partial charge in [-0.25, -0.2) is 27.7 Å². The lowest BCUT2D eigenvalue weighted by Crippen LogP contribution is -2.15. The normalized spacial score (nSPS) is 10.9. The molecule has 0 unspecified atom stereocenters. The first-order chi connectivity index (χ1) is 16.5. The van der Waals surface area contributed by atoms with Gasteiger partial charge in [-0.2, -0.15) is 17.7 Å². The predicted octanol–water partition coefficient (Wildman–Crippen LogP) is 5.12. The lowest BCUT2D eigenvalue weighted by molar-refractivity contribution is 0.102. The number of rotatable bonds is 5. The van der Waals surface area contributed by atoms with E-state index in [0.29, 0.717) is 11.5 Å². The number of nitrogens with zero attached hydrogens (tertiary/aromatic N) is 5. The summed E-state index contributed by atoms with van der Waals surface area (Å²) < 4.78 is 41.6. The van der Waals surface area contributed by atoms with Crippen LogP contribution in [0.2, 0.25) is 0 Å². The second-order valence-electron chi connectivity index (χ2n) is 6.63. The first-order valence-electron chi connectivity index (χ1n) is 9.64. The van der Waals surface area contributed by atoms with E-state index in [2.05, 4.69) is 43.2 Å². The number of alkyl halides is 2. The highest BCUT2D eigenvalue weighted by Crippen LogP contribution is 2.30. The van der Waals surface area contributed by atoms with Crippen LogP contribution < -0.4 is 5.32 Å². The summed E-state index contributed by atoms with van der Waals surface area (Å²) in [5, 5.41) is 14.4. The average Bonchev–Trinajstić information content (AvgIpc) is 3.60. The minimum atomic E-state index is -2.73. The Balaban J connectivity index is 0.00000133. The molecule has 4 aromatic heterocycles. The Bertz CT molecular complexity index is 1430. The maximum Gasteiger partial charge on any atom is 0.281 e. The van der Waals surface area contributed by atoms with Gasteiger partial charge in [-0.05, 0) is 6.26 Å². The van der Waals surface area contributed by atoms with E-state index < -0.39 is 23.8 Å². The molecule has 0 saturated carbocycles. The molecule has 0 radical (unpaired) electrons. The van der Waals surface area contributed by atoms with Gasteiger partial charge in [0.25, 0.3) is 12.3 Å². The fraction of sp³-hybridized carbons (Fsp3) is 0.0952. The molecule has 0 fully saturated rings. The number of benzene rings is 1. The number of pyridine rings is 1. The summed E-state index contributed by atoms with van der Waals surface area (Å²) in [5.74, 6) is -1.04. The third-order valence-electron chi connectivity index (χ3n) is 4.55. The van der Waals surface area contributed by atoms with Crippen LogP contribution in [0.25, 0.3) is 27.6 Å². The Labute approximate surface area is 200 Å². The number of amides is 1. The van der Waals surface area contributed by atoms with Gasteiger partial charge >= 0.3 is 0 Å². The zero-order chi connectivity index (χ0) is 24.2. The van der Waals surface area contributed by atoms with Crippen molar-refractivity contribution in [1.82, 2.24) is 29.8 Å². The average molecular weight is 504 g/mol. The number of carbonyl (C=O) groups excluding carboxylic acids is 1. The van der Waals surface area contributed by atoms with Crippen LogP contribution in [0.3, 0.4) is 0 Å². The number of aromatic nitrogens is 6. The van der Waals surface area contributed by atoms with E-state index in [4.69, 9.17) is 0 Å². The predicted molar refractivity (Wildman–Crippen MR) is 126 cm³/mol. The van der Waals surface area contributed by atoms with Gasteiger partial charge in [0.2, 0.25) is 0 Å². The lowest BCUT2D eigenvalue weighted by atomic mass is 10.2. The monoisotopic (exact) mass is 503 g/mol. The summed E-state index contributed by atoms with van der Waals surface area (Å²) in [5.41, 5.74) is 0.765. The molecule has 13 heteroatoms. The molecule has 5 aromatic rings. The Morgan fingerprint density at radius 2 is 1.97 bits per heavy atom. The minimum Gasteiger partial charge on any atom is -0.318 e. The van der Waals surface area contributed by atoms with Crippen LogP contribution >= 0.6 is 24.0 Å². The molecule has 0 aliphatic rings. The van der Waals surface area contributed by atoms with Crippen molar-refractivity contribution in [3.8, 4) is 22.0 Å². The van der Waals surface area contributed by atoms with Crippen molar-refractivity contribution in [2.75, 3.05) is 11.6 Å². The van der Waals surface area contributed by atoms with Crippen LogP contribution in [-0.4, -0.2) is 41.9 Å². The minimum absolute atomic E-state index is 0.0362. The number of aromatic amines is 1. The van der Waals surface area contributed by atoms with E-state index >= 15 is 0 Å². The molecule has 34 heavy (non-hydrogen) atoms. The van der Waals surface area contributed by atoms with Crippen LogP contribution in [0, 0.1) is 5.82 Å². The van der Waals surface area contributed by atoms with Crippen molar-refractivity contribution >= 4 is 41.2 Å². The number of anilines is 1. The highest BCUT2D eigenvalue weighted by atomic mass is 32.1. The number of nitrogens with one attached hydrogen (secondary N) is 2. The quantitative estimate of drug-likeness (QED) is 0.289. The van der Waals surface area contributed by atoms with Gasteiger partial charge in [0.1, 0.15) is 16.4 Å². The molecule has 8 nitrogen and oxygen atoms in total. The second kappa shape index (κ2) is 10.1. The first-order valence-corrected chi connectivity index (χ1v) is 11.4. The second-order valence-corrected chi connectivity index (χ2v) is 7.49. The topological polar surface area (TPSA) is 101 Å². The fourth-order valence-electron chi connectivity index (χ4n) is 3.03. The van der Waals surface area contributed by atoms with Crippen molar-refractivity contribution in [3.63, 3.8) is 0 Å². The maximum absolute atomic E-state index is 14.6. The molecule has 174 valence electrons. The molecule has 4 heterocycles. The van der Waals surface area contributed by atoms with Crippen molar-refractivity contribution in [1.29, 1.82) is 0 Å². The first kappa shape index (κ1) is 23.4. The summed E-state index contributed by atoms with van der Waals surface area (Å²) in [7, 11) is 0. The summed E-state index contributed by atoms with van der Waals surface area (Å²) in [6.45, 7) is 0. The van der Waals surface area contributed by atoms with E-state index in [9.17, 15) is 18.0 Å². The van der Waals surface area contributed by atoms with Gasteiger partial charge in [-0.1, -0.05) is 30.3 Å². The van der Waals surface area contributed by atoms with E-state index in [1.54, 1.807) is 6.26 Å². The van der Waals surface area contributed by atoms with Crippen molar-refractivity contribution in [2.45, 2.75) is 6.43 Å². The molecule has 0 spiro atoms. The molecule has 5 rings (SSSR count). The molecule has 2 N–H and O–H groups in total. The van der Waals surface area contributed by atoms with Gasteiger partial charge < -0.3 is 5.32 Å². The highest BCUT2D eigenvalue weighted by molar-refractivity contribution is 7.79. The number of hydrogen-bond donors (Lipinski definition) is 3. The third-order valence-corrected chi connectivity index (χ3v) is 5.44. The Morgan fingerprint density at radius 3 is 2.68 bits per heavy atom. The smallest absolute Gasteiger partial charge is 0.281 e. The van der Waals surface area contributed by atoms with Crippen LogP contribution in [0.15, 0.2) is 54.2 Å². The largest absolute Gasteiger partial charge is 0.318 e. The molecule has 0 aliphatic heterocycles. The molecule has 0 atom stereocenters. The molecule has 1 aromatic carbocycles. The van der Waals surface area contributed by atoms with Crippen molar-refractivity contribution in [2.24, 2.45) is 0 Å². The SMILES string of the molecule is CS.O=C(Nc1cc2nc(-c3ccccc3)nn2cc1F)c1[nH]ncc1-c1nc(C(F)F)cs1. The standard InChI is InChI=1S/C20H12F3N7OS.CH4S/c21-12-8-30-15(27-18(29-30)10-4-2-1-3-5-10)6-13(12)25-19(31)16-11(7-24-28-16)20-26-14(9-32-20)17(22)23;1-2/h1-9,17H,(H,24,28)(H,25,31);2H,1H3. The molecule has 1 amide bonds. The lowest BCUT2D eigenvalue weighted by Gasteiger charge is -2.06. The zero-order valence-corrected chi connectivity index (χ0v) is 19.1. The van der Waals surface area contributed by atoms with E-state index in [0.717, 1.165) is 23.1 Å². The number of hydrogen-bond acceptors (Lipinski definition) is 7. The summed E-state index contributed by atoms with van der Waals surface area (Å²) in [4.78, 5) is 21.0. The van der Waals surface area contributed by atoms with Crippen molar-refractivity contribution in [3.05, 3.63) is 71.4 Å². The van der Waals surface area contributed by atoms with E-state index in [1.165, 1.54) is 22.2 Å². The van der Waals surface area contributed by atoms with Gasteiger partial charge in [0, 0.05) is 17.0 Å². The van der Waals surface area contributed by atoms with Crippen LogP contribution in [0.1, 0.15) is 22.6 Å². The maximum atomic E-state index is 14.6. The third kappa shape index (κ3) is 4.65. The molecule has 0 saturated heterocycles. The van der Waals surface area contributed by atoms with Gasteiger partial charge in [-0.15, -0.1) is 16.4 Å². The number of thiol groups is 1. The molecular formula is C21H16F3N7OS2. The summed E-state index contributed by atoms with van der Waals surface area (Å²) in [6, 6.07) is 10.5. The molecular weight excluding hydrogens is 487 g/mol. The van der Waals surface area contributed by atoms with Gasteiger partial charge in [-0.3, -0.25) is 9.89 Å². The fourth-order valence-corrected chi connectivity index (χ4v) is 3.85. The summed E-state index contributed by atoms with van der Waals surface area (Å²) >= 11 is 4.48. The summed E-state index contributed by atoms with van der Waals surface area (Å²) in [6.07, 6.45) is 1.37. The number of carbonyl (C=O) groups is 1. The van der Waals surface area contributed by atoms with Crippen LogP contribution in [0.5, 0.6) is 0 Å². The van der Waals surface area contributed by atoms with Crippen LogP contribution in [0.4, 0.5) is 18.9 Å². The van der Waals surface area contributed by atoms with Crippen LogP contribution in [-0.2, 0) is 0 Å². The van der Waals surface area contributed by atoms with Gasteiger partial charge in [0.05, 0.1) is 23.6 Å². The van der Waals surface area contributed by atoms with E-state index in [-0.39, 0.29) is 22.0 Å². The number of halogens is 3. The highest BCUT2D eigenvalue weighted by Gasteiger charge is 2.21. The van der Waals surface area contributed by atoms with Gasteiger partial charge in [0.15, 0.2) is 17.3 Å². The number of thiazole rings is 1. The van der Waals surface area contributed by atoms with E-state index in [1.807, 2.05) is 30.3 Å². The Kier molecular flexibility index (Phi) is 6.93. The number of fused-ring (bicyclic) bond motifs is 1. The zero-order valence-electron chi connectivity index (χ0n) is 17.4. The Hall–Kier alpha value is -3.71. The van der Waals surface area contributed by atoms with Crippen molar-refractivity contribution < 1.29 is 18.0 Å². The number of H-pyrrole nitrogens is 1. The Morgan fingerprint density at radius 1 is 1.21 bits per heavy atom.